The first kappa shape index (κ1) is 12.0. The maximum absolute atomic E-state index is 6.04. The fourth-order valence-corrected chi connectivity index (χ4v) is 2.56. The molecule has 2 N–H and O–H groups in total. The highest BCUT2D eigenvalue weighted by atomic mass is 15.4. The van der Waals surface area contributed by atoms with E-state index in [9.17, 15) is 0 Å². The summed E-state index contributed by atoms with van der Waals surface area (Å²) >= 11 is 0. The van der Waals surface area contributed by atoms with E-state index in [1.807, 2.05) is 6.07 Å². The van der Waals surface area contributed by atoms with Gasteiger partial charge in [0.15, 0.2) is 5.96 Å². The van der Waals surface area contributed by atoms with Crippen LogP contribution in [0.2, 0.25) is 0 Å². The summed E-state index contributed by atoms with van der Waals surface area (Å²) in [6.45, 7) is 7.35. The van der Waals surface area contributed by atoms with Crippen molar-refractivity contribution in [1.82, 2.24) is 4.90 Å². The Morgan fingerprint density at radius 3 is 2.65 bits per heavy atom. The summed E-state index contributed by atoms with van der Waals surface area (Å²) in [7, 11) is 0. The third-order valence-corrected chi connectivity index (χ3v) is 3.75. The minimum Gasteiger partial charge on any atom is -0.370 e. The second kappa shape index (κ2) is 4.40. The Labute approximate surface area is 103 Å². The molecule has 1 aromatic rings. The van der Waals surface area contributed by atoms with Crippen LogP contribution in [-0.2, 0) is 5.54 Å². The van der Waals surface area contributed by atoms with Gasteiger partial charge in [-0.15, -0.1) is 0 Å². The van der Waals surface area contributed by atoms with Crippen molar-refractivity contribution in [2.45, 2.75) is 38.8 Å². The Bertz CT molecular complexity index is 413. The van der Waals surface area contributed by atoms with Gasteiger partial charge in [-0.05, 0) is 25.8 Å². The normalized spacial score (nSPS) is 25.8. The van der Waals surface area contributed by atoms with Gasteiger partial charge in [-0.2, -0.15) is 0 Å². The molecule has 0 bridgehead atoms. The Morgan fingerprint density at radius 2 is 2.06 bits per heavy atom. The molecule has 0 spiro atoms. The maximum atomic E-state index is 6.04. The highest BCUT2D eigenvalue weighted by Gasteiger charge is 2.41. The van der Waals surface area contributed by atoms with Crippen LogP contribution >= 0.6 is 0 Å². The molecule has 2 atom stereocenters. The highest BCUT2D eigenvalue weighted by molar-refractivity contribution is 5.81. The molecule has 3 heteroatoms. The summed E-state index contributed by atoms with van der Waals surface area (Å²) in [5.74, 6) is 0.672. The van der Waals surface area contributed by atoms with Crippen LogP contribution in [-0.4, -0.2) is 23.4 Å². The lowest BCUT2D eigenvalue weighted by molar-refractivity contribution is 0.171. The van der Waals surface area contributed by atoms with Crippen LogP contribution in [0.4, 0.5) is 0 Å². The zero-order chi connectivity index (χ0) is 12.5. The number of hydrogen-bond donors (Lipinski definition) is 1. The minimum absolute atomic E-state index is 0.0965. The molecule has 2 rings (SSSR count). The molecule has 0 radical (unpaired) electrons. The summed E-state index contributed by atoms with van der Waals surface area (Å²) in [5, 5.41) is 0. The molecular weight excluding hydrogens is 210 g/mol. The van der Waals surface area contributed by atoms with E-state index in [0.717, 1.165) is 13.0 Å². The molecule has 0 aliphatic carbocycles. The monoisotopic (exact) mass is 231 g/mol. The van der Waals surface area contributed by atoms with Crippen molar-refractivity contribution < 1.29 is 0 Å². The predicted molar refractivity (Wildman–Crippen MR) is 71.9 cm³/mol. The van der Waals surface area contributed by atoms with E-state index < -0.39 is 0 Å². The number of guanidine groups is 1. The lowest BCUT2D eigenvalue weighted by Crippen LogP contribution is -2.51. The largest absolute Gasteiger partial charge is 0.370 e. The number of hydrogen-bond acceptors (Lipinski definition) is 3. The lowest BCUT2D eigenvalue weighted by Gasteiger charge is -2.40. The quantitative estimate of drug-likeness (QED) is 0.867. The fraction of sp³-hybridized carbons (Fsp3) is 0.500. The first-order valence-corrected chi connectivity index (χ1v) is 6.24. The van der Waals surface area contributed by atoms with Gasteiger partial charge in [0, 0.05) is 6.04 Å². The molecule has 2 unspecified atom stereocenters. The molecule has 0 saturated heterocycles. The smallest absolute Gasteiger partial charge is 0.192 e. The zero-order valence-electron chi connectivity index (χ0n) is 10.9. The third-order valence-electron chi connectivity index (χ3n) is 3.75. The number of benzene rings is 1. The van der Waals surface area contributed by atoms with Crippen LogP contribution < -0.4 is 5.73 Å². The third kappa shape index (κ3) is 1.90. The zero-order valence-corrected chi connectivity index (χ0v) is 10.9. The van der Waals surface area contributed by atoms with E-state index in [2.05, 4.69) is 54.9 Å². The summed E-state index contributed by atoms with van der Waals surface area (Å²) in [6.07, 6.45) is 1.07. The summed E-state index contributed by atoms with van der Waals surface area (Å²) in [6, 6.07) is 10.9. The van der Waals surface area contributed by atoms with Gasteiger partial charge in [0.2, 0.25) is 0 Å². The van der Waals surface area contributed by atoms with Crippen molar-refractivity contribution in [2.75, 3.05) is 6.54 Å². The summed E-state index contributed by atoms with van der Waals surface area (Å²) in [4.78, 5) is 6.69. The highest BCUT2D eigenvalue weighted by Crippen LogP contribution is 2.34. The Balaban J connectivity index is 2.38. The van der Waals surface area contributed by atoms with Gasteiger partial charge in [-0.1, -0.05) is 37.3 Å². The van der Waals surface area contributed by atoms with Crippen LogP contribution in [0, 0.1) is 0 Å². The van der Waals surface area contributed by atoms with Crippen molar-refractivity contribution in [3.8, 4) is 0 Å². The Morgan fingerprint density at radius 1 is 1.41 bits per heavy atom. The molecule has 1 aliphatic heterocycles. The van der Waals surface area contributed by atoms with Gasteiger partial charge in [-0.3, -0.25) is 4.99 Å². The average Bonchev–Trinajstić information content (AvgIpc) is 2.67. The molecular formula is C14H21N3. The van der Waals surface area contributed by atoms with Gasteiger partial charge in [0.1, 0.15) is 0 Å². The standard InChI is InChI=1S/C14H21N3/c1-4-11(2)17-13(15)16-10-14(17,3)12-8-6-5-7-9-12/h5-9,11H,4,10H2,1-3H3,(H2,15,16). The van der Waals surface area contributed by atoms with E-state index in [1.165, 1.54) is 5.56 Å². The first-order chi connectivity index (χ1) is 8.09. The van der Waals surface area contributed by atoms with Crippen molar-refractivity contribution >= 4 is 5.96 Å². The van der Waals surface area contributed by atoms with Crippen molar-refractivity contribution in [3.05, 3.63) is 35.9 Å². The van der Waals surface area contributed by atoms with Crippen molar-refractivity contribution in [1.29, 1.82) is 0 Å². The van der Waals surface area contributed by atoms with Gasteiger partial charge < -0.3 is 10.6 Å². The SMILES string of the molecule is CCC(C)N1C(N)=NCC1(C)c1ccccc1. The fourth-order valence-electron chi connectivity index (χ4n) is 2.56. The summed E-state index contributed by atoms with van der Waals surface area (Å²) < 4.78 is 0. The van der Waals surface area contributed by atoms with Crippen LogP contribution in [0.25, 0.3) is 0 Å². The molecule has 0 aromatic heterocycles. The molecule has 92 valence electrons. The molecule has 17 heavy (non-hydrogen) atoms. The van der Waals surface area contributed by atoms with Gasteiger partial charge in [0.05, 0.1) is 12.1 Å². The number of nitrogens with zero attached hydrogens (tertiary/aromatic N) is 2. The minimum atomic E-state index is -0.0965. The van der Waals surface area contributed by atoms with Crippen molar-refractivity contribution in [3.63, 3.8) is 0 Å². The number of nitrogens with two attached hydrogens (primary N) is 1. The van der Waals surface area contributed by atoms with Gasteiger partial charge in [0.25, 0.3) is 0 Å². The molecule has 3 nitrogen and oxygen atoms in total. The van der Waals surface area contributed by atoms with Crippen LogP contribution in [0.1, 0.15) is 32.8 Å². The van der Waals surface area contributed by atoms with E-state index in [4.69, 9.17) is 5.73 Å². The second-order valence-corrected chi connectivity index (χ2v) is 4.94. The average molecular weight is 231 g/mol. The second-order valence-electron chi connectivity index (χ2n) is 4.94. The van der Waals surface area contributed by atoms with Crippen LogP contribution in [0.3, 0.4) is 0 Å². The maximum Gasteiger partial charge on any atom is 0.192 e. The van der Waals surface area contributed by atoms with Gasteiger partial charge in [-0.25, -0.2) is 0 Å². The first-order valence-electron chi connectivity index (χ1n) is 6.24. The Kier molecular flexibility index (Phi) is 3.09. The lowest BCUT2D eigenvalue weighted by atomic mass is 9.89. The molecule has 0 fully saturated rings. The molecule has 1 aromatic carbocycles. The van der Waals surface area contributed by atoms with Crippen molar-refractivity contribution in [2.24, 2.45) is 10.7 Å². The van der Waals surface area contributed by atoms with E-state index in [-0.39, 0.29) is 5.54 Å². The number of rotatable bonds is 3. The van der Waals surface area contributed by atoms with Crippen LogP contribution in [0.5, 0.6) is 0 Å². The van der Waals surface area contributed by atoms with E-state index in [1.54, 1.807) is 0 Å². The topological polar surface area (TPSA) is 41.6 Å². The van der Waals surface area contributed by atoms with E-state index >= 15 is 0 Å². The predicted octanol–water partition coefficient (Wildman–Crippen LogP) is 2.33. The number of aliphatic imine (C=N–C) groups is 1. The van der Waals surface area contributed by atoms with Crippen LogP contribution in [0.15, 0.2) is 35.3 Å². The molecule has 1 heterocycles. The van der Waals surface area contributed by atoms with Gasteiger partial charge >= 0.3 is 0 Å². The molecule has 1 aliphatic rings. The molecule has 0 amide bonds. The molecule has 0 saturated carbocycles. The van der Waals surface area contributed by atoms with E-state index in [0.29, 0.717) is 12.0 Å². The Hall–Kier alpha value is -1.51. The summed E-state index contributed by atoms with van der Waals surface area (Å²) in [5.41, 5.74) is 7.23.